The third-order valence-corrected chi connectivity index (χ3v) is 3.21. The van der Waals surface area contributed by atoms with Crippen molar-refractivity contribution in [3.05, 3.63) is 41.1 Å². The molecule has 0 aliphatic heterocycles. The van der Waals surface area contributed by atoms with E-state index < -0.39 is 5.91 Å². The first kappa shape index (κ1) is 18.6. The molecule has 0 spiro atoms. The van der Waals surface area contributed by atoms with E-state index in [2.05, 4.69) is 10.6 Å². The molecular formula is C18H25N3O2. The molecule has 1 rings (SSSR count). The first-order valence-corrected chi connectivity index (χ1v) is 7.79. The molecule has 124 valence electrons. The topological polar surface area (TPSA) is 74.1 Å². The van der Waals surface area contributed by atoms with E-state index in [0.29, 0.717) is 6.61 Å². The van der Waals surface area contributed by atoms with Crippen LogP contribution in [0.3, 0.4) is 0 Å². The zero-order valence-electron chi connectivity index (χ0n) is 14.4. The van der Waals surface area contributed by atoms with Gasteiger partial charge in [0.2, 0.25) is 0 Å². The molecule has 0 saturated heterocycles. The van der Waals surface area contributed by atoms with E-state index in [1.54, 1.807) is 0 Å². The van der Waals surface area contributed by atoms with E-state index in [-0.39, 0.29) is 17.7 Å². The molecule has 0 bridgehead atoms. The molecule has 0 aliphatic rings. The summed E-state index contributed by atoms with van der Waals surface area (Å²) in [5.74, 6) is 0.339. The monoisotopic (exact) mass is 315 g/mol. The second-order valence-electron chi connectivity index (χ2n) is 5.66. The molecule has 23 heavy (non-hydrogen) atoms. The average Bonchev–Trinajstić information content (AvgIpc) is 2.49. The molecule has 1 unspecified atom stereocenters. The second-order valence-corrected chi connectivity index (χ2v) is 5.66. The Labute approximate surface area is 138 Å². The number of nitrogens with one attached hydrogen (secondary N) is 2. The van der Waals surface area contributed by atoms with Crippen LogP contribution in [0.25, 0.3) is 0 Å². The number of hydrogen-bond donors (Lipinski definition) is 2. The van der Waals surface area contributed by atoms with Gasteiger partial charge in [0.05, 0.1) is 12.6 Å². The predicted octanol–water partition coefficient (Wildman–Crippen LogP) is 2.98. The minimum Gasteiger partial charge on any atom is -0.494 e. The highest BCUT2D eigenvalue weighted by Gasteiger charge is 2.17. The summed E-state index contributed by atoms with van der Waals surface area (Å²) in [6, 6.07) is 7.67. The quantitative estimate of drug-likeness (QED) is 0.599. The van der Waals surface area contributed by atoms with Gasteiger partial charge in [0.25, 0.3) is 5.91 Å². The number of hydrogen-bond acceptors (Lipinski definition) is 4. The summed E-state index contributed by atoms with van der Waals surface area (Å²) in [6.07, 6.45) is 1.45. The Kier molecular flexibility index (Phi) is 7.14. The smallest absolute Gasteiger partial charge is 0.263 e. The van der Waals surface area contributed by atoms with Crippen LogP contribution in [0.5, 0.6) is 5.75 Å². The van der Waals surface area contributed by atoms with Crippen molar-refractivity contribution in [2.24, 2.45) is 0 Å². The maximum Gasteiger partial charge on any atom is 0.263 e. The molecule has 0 aromatic heterocycles. The van der Waals surface area contributed by atoms with Crippen LogP contribution in [0, 0.1) is 18.3 Å². The number of ether oxygens (including phenoxy) is 1. The van der Waals surface area contributed by atoms with Gasteiger partial charge in [-0.3, -0.25) is 4.79 Å². The zero-order valence-corrected chi connectivity index (χ0v) is 14.4. The highest BCUT2D eigenvalue weighted by atomic mass is 16.5. The predicted molar refractivity (Wildman–Crippen MR) is 90.9 cm³/mol. The summed E-state index contributed by atoms with van der Waals surface area (Å²) in [6.45, 7) is 10.2. The molecule has 1 amide bonds. The molecule has 0 saturated carbocycles. The van der Waals surface area contributed by atoms with Gasteiger partial charge in [-0.15, -0.1) is 0 Å². The van der Waals surface area contributed by atoms with E-state index in [1.165, 1.54) is 6.20 Å². The summed E-state index contributed by atoms with van der Waals surface area (Å²) >= 11 is 0. The van der Waals surface area contributed by atoms with Crippen LogP contribution < -0.4 is 15.4 Å². The van der Waals surface area contributed by atoms with Crippen molar-refractivity contribution in [3.63, 3.8) is 0 Å². The lowest BCUT2D eigenvalue weighted by atomic mass is 10.0. The van der Waals surface area contributed by atoms with E-state index in [9.17, 15) is 4.79 Å². The number of carbonyl (C=O) groups excluding carboxylic acids is 1. The van der Waals surface area contributed by atoms with Gasteiger partial charge < -0.3 is 15.4 Å². The van der Waals surface area contributed by atoms with Gasteiger partial charge in [-0.1, -0.05) is 17.7 Å². The highest BCUT2D eigenvalue weighted by molar-refractivity contribution is 5.97. The first-order chi connectivity index (χ1) is 10.9. The molecule has 1 aromatic rings. The summed E-state index contributed by atoms with van der Waals surface area (Å²) in [5.41, 5.74) is 2.03. The number of benzene rings is 1. The van der Waals surface area contributed by atoms with E-state index in [1.807, 2.05) is 58.9 Å². The third-order valence-electron chi connectivity index (χ3n) is 3.21. The Hall–Kier alpha value is -2.48. The Morgan fingerprint density at radius 3 is 2.65 bits per heavy atom. The number of nitrogens with zero attached hydrogens (tertiary/aromatic N) is 1. The normalized spacial score (nSPS) is 12.5. The van der Waals surface area contributed by atoms with Gasteiger partial charge in [-0.05, 0) is 40.7 Å². The molecule has 1 aromatic carbocycles. The van der Waals surface area contributed by atoms with Crippen molar-refractivity contribution < 1.29 is 9.53 Å². The summed E-state index contributed by atoms with van der Waals surface area (Å²) in [4.78, 5) is 12.2. The minimum atomic E-state index is -0.405. The minimum absolute atomic E-state index is 0.0520. The molecule has 0 heterocycles. The third kappa shape index (κ3) is 5.67. The van der Waals surface area contributed by atoms with E-state index >= 15 is 0 Å². The molecular weight excluding hydrogens is 290 g/mol. The molecule has 5 nitrogen and oxygen atoms in total. The molecule has 0 aliphatic carbocycles. The van der Waals surface area contributed by atoms with E-state index in [0.717, 1.165) is 16.9 Å². The number of rotatable bonds is 7. The average molecular weight is 315 g/mol. The molecule has 0 radical (unpaired) electrons. The van der Waals surface area contributed by atoms with Crippen molar-refractivity contribution in [2.45, 2.75) is 46.7 Å². The lowest BCUT2D eigenvalue weighted by Crippen LogP contribution is -2.29. The fourth-order valence-electron chi connectivity index (χ4n) is 2.04. The van der Waals surface area contributed by atoms with Crippen LogP contribution in [-0.2, 0) is 4.79 Å². The fraction of sp³-hybridized carbons (Fsp3) is 0.444. The van der Waals surface area contributed by atoms with Crippen LogP contribution >= 0.6 is 0 Å². The van der Waals surface area contributed by atoms with Gasteiger partial charge in [-0.2, -0.15) is 5.26 Å². The second kappa shape index (κ2) is 8.84. The van der Waals surface area contributed by atoms with Crippen LogP contribution in [0.4, 0.5) is 0 Å². The number of nitriles is 1. The van der Waals surface area contributed by atoms with E-state index in [4.69, 9.17) is 10.00 Å². The lowest BCUT2D eigenvalue weighted by Gasteiger charge is -2.18. The summed E-state index contributed by atoms with van der Waals surface area (Å²) in [7, 11) is 0. The lowest BCUT2D eigenvalue weighted by molar-refractivity contribution is -0.117. The SMILES string of the molecule is CCOc1ccc(C)cc1C(C)NC(=O)/C(C#N)=C\NC(C)C. The fourth-order valence-corrected chi connectivity index (χ4v) is 2.04. The zero-order chi connectivity index (χ0) is 17.4. The Balaban J connectivity index is 2.92. The molecule has 2 N–H and O–H groups in total. The van der Waals surface area contributed by atoms with Crippen LogP contribution in [-0.4, -0.2) is 18.6 Å². The van der Waals surface area contributed by atoms with Crippen molar-refractivity contribution in [3.8, 4) is 11.8 Å². The van der Waals surface area contributed by atoms with Gasteiger partial charge in [-0.25, -0.2) is 0 Å². The first-order valence-electron chi connectivity index (χ1n) is 7.79. The number of amides is 1. The van der Waals surface area contributed by atoms with Gasteiger partial charge in [0.1, 0.15) is 17.4 Å². The molecule has 0 fully saturated rings. The Bertz CT molecular complexity index is 615. The molecule has 1 atom stereocenters. The standard InChI is InChI=1S/C18H25N3O2/c1-6-23-17-8-7-13(4)9-16(17)14(5)21-18(22)15(10-19)11-20-12(2)3/h7-9,11-12,14,20H,6H2,1-5H3,(H,21,22)/b15-11-. The van der Waals surface area contributed by atoms with Crippen LogP contribution in [0.15, 0.2) is 30.0 Å². The Morgan fingerprint density at radius 1 is 1.39 bits per heavy atom. The van der Waals surface area contributed by atoms with Crippen LogP contribution in [0.1, 0.15) is 44.9 Å². The van der Waals surface area contributed by atoms with Gasteiger partial charge in [0.15, 0.2) is 0 Å². The molecule has 5 heteroatoms. The van der Waals surface area contributed by atoms with Crippen LogP contribution in [0.2, 0.25) is 0 Å². The van der Waals surface area contributed by atoms with Crippen molar-refractivity contribution >= 4 is 5.91 Å². The highest BCUT2D eigenvalue weighted by Crippen LogP contribution is 2.26. The summed E-state index contributed by atoms with van der Waals surface area (Å²) < 4.78 is 5.62. The van der Waals surface area contributed by atoms with Crippen molar-refractivity contribution in [1.29, 1.82) is 5.26 Å². The Morgan fingerprint density at radius 2 is 2.09 bits per heavy atom. The maximum absolute atomic E-state index is 12.2. The number of carbonyl (C=O) groups is 1. The van der Waals surface area contributed by atoms with Crippen molar-refractivity contribution in [2.75, 3.05) is 6.61 Å². The van der Waals surface area contributed by atoms with Gasteiger partial charge >= 0.3 is 0 Å². The maximum atomic E-state index is 12.2. The summed E-state index contributed by atoms with van der Waals surface area (Å²) in [5, 5.41) is 14.9. The van der Waals surface area contributed by atoms with Gasteiger partial charge in [0, 0.05) is 17.8 Å². The largest absolute Gasteiger partial charge is 0.494 e. The van der Waals surface area contributed by atoms with Crippen molar-refractivity contribution in [1.82, 2.24) is 10.6 Å². The number of aryl methyl sites for hydroxylation is 1.